The molecule has 0 bridgehead atoms. The predicted molar refractivity (Wildman–Crippen MR) is 122 cm³/mol. The van der Waals surface area contributed by atoms with E-state index in [2.05, 4.69) is 5.32 Å². The Morgan fingerprint density at radius 2 is 1.46 bits per heavy atom. The van der Waals surface area contributed by atoms with Gasteiger partial charge in [0, 0.05) is 27.7 Å². The Labute approximate surface area is 216 Å². The highest BCUT2D eigenvalue weighted by atomic mass is 35.5. The van der Waals surface area contributed by atoms with E-state index in [0.29, 0.717) is 0 Å². The Kier molecular flexibility index (Phi) is 10.2. The zero-order valence-corrected chi connectivity index (χ0v) is 21.7. The van der Waals surface area contributed by atoms with Gasteiger partial charge in [0.1, 0.15) is 23.6 Å². The normalized spacial score (nSPS) is 23.2. The lowest BCUT2D eigenvalue weighted by Gasteiger charge is -2.44. The van der Waals surface area contributed by atoms with Crippen LogP contribution in [0.2, 0.25) is 5.02 Å². The summed E-state index contributed by atoms with van der Waals surface area (Å²) in [5, 5.41) is 2.05. The summed E-state index contributed by atoms with van der Waals surface area (Å²) in [5.74, 6) is -3.36. The minimum Gasteiger partial charge on any atom is -0.463 e. The molecule has 37 heavy (non-hydrogen) atoms. The molecule has 204 valence electrons. The van der Waals surface area contributed by atoms with Crippen molar-refractivity contribution >= 4 is 51.5 Å². The quantitative estimate of drug-likeness (QED) is 0.327. The molecule has 1 aromatic rings. The second-order valence-electron chi connectivity index (χ2n) is 7.64. The van der Waals surface area contributed by atoms with Crippen molar-refractivity contribution in [1.29, 1.82) is 0 Å². The maximum atomic E-state index is 12.7. The van der Waals surface area contributed by atoms with Crippen LogP contribution in [0.5, 0.6) is 0 Å². The van der Waals surface area contributed by atoms with Crippen LogP contribution in [0.25, 0.3) is 0 Å². The number of carbonyl (C=O) groups excluding carboxylic acids is 5. The smallest absolute Gasteiger partial charge is 0.329 e. The van der Waals surface area contributed by atoms with Crippen LogP contribution in [0, 0.1) is 0 Å². The second-order valence-corrected chi connectivity index (χ2v) is 9.70. The Balaban J connectivity index is 2.43. The van der Waals surface area contributed by atoms with Gasteiger partial charge in [-0.05, 0) is 12.1 Å². The van der Waals surface area contributed by atoms with E-state index >= 15 is 0 Å². The van der Waals surface area contributed by atoms with E-state index in [1.165, 1.54) is 18.2 Å². The molecule has 0 unspecified atom stereocenters. The number of ether oxygens (including phenoxy) is 5. The standard InChI is InChI=1S/C21H25ClN2O12S/c1-10(25)32-9-15-18(33-11(2)26)19(34-12(3)27)17(20(36-15)35-13(4)28)23-21(29)24-37(30,31)16-8-6-5-7-14(16)22/h5-8,15,17-20H,9H2,1-4H3,(H2,23,24,29)/t15-,17-,18-,19-,20-/m1/s1. The number of benzene rings is 1. The summed E-state index contributed by atoms with van der Waals surface area (Å²) in [5.41, 5.74) is 0. The number of hydrogen-bond acceptors (Lipinski definition) is 12. The van der Waals surface area contributed by atoms with Crippen LogP contribution in [0.1, 0.15) is 27.7 Å². The van der Waals surface area contributed by atoms with E-state index in [1.807, 2.05) is 0 Å². The Hall–Kier alpha value is -3.43. The lowest BCUT2D eigenvalue weighted by atomic mass is 9.96. The second kappa shape index (κ2) is 12.7. The van der Waals surface area contributed by atoms with Crippen LogP contribution in [0.4, 0.5) is 4.79 Å². The molecule has 1 aromatic carbocycles. The van der Waals surface area contributed by atoms with Crippen molar-refractivity contribution in [2.45, 2.75) is 63.2 Å². The first-order valence-electron chi connectivity index (χ1n) is 10.6. The molecule has 0 radical (unpaired) electrons. The van der Waals surface area contributed by atoms with Crippen LogP contribution in [-0.2, 0) is 52.9 Å². The maximum absolute atomic E-state index is 12.7. The molecule has 2 rings (SSSR count). The zero-order valence-electron chi connectivity index (χ0n) is 20.1. The van der Waals surface area contributed by atoms with Crippen molar-refractivity contribution in [2.24, 2.45) is 0 Å². The molecule has 0 aromatic heterocycles. The van der Waals surface area contributed by atoms with Crippen LogP contribution in [0.3, 0.4) is 0 Å². The van der Waals surface area contributed by atoms with Crippen LogP contribution < -0.4 is 10.0 Å². The molecule has 2 amide bonds. The van der Waals surface area contributed by atoms with Crippen molar-refractivity contribution in [3.8, 4) is 0 Å². The largest absolute Gasteiger partial charge is 0.463 e. The predicted octanol–water partition coefficient (Wildman–Crippen LogP) is 0.411. The molecule has 0 spiro atoms. The molecular weight excluding hydrogens is 540 g/mol. The number of carbonyl (C=O) groups is 5. The Bertz CT molecular complexity index is 1160. The summed E-state index contributed by atoms with van der Waals surface area (Å²) in [7, 11) is -4.48. The average Bonchev–Trinajstić information content (AvgIpc) is 2.75. The number of rotatable bonds is 8. The van der Waals surface area contributed by atoms with Crippen molar-refractivity contribution in [1.82, 2.24) is 10.0 Å². The third-order valence-corrected chi connectivity index (χ3v) is 6.47. The van der Waals surface area contributed by atoms with E-state index in [0.717, 1.165) is 33.8 Å². The van der Waals surface area contributed by atoms with Crippen molar-refractivity contribution in [3.05, 3.63) is 29.3 Å². The first-order chi connectivity index (χ1) is 17.2. The van der Waals surface area contributed by atoms with E-state index < -0.39 is 82.1 Å². The van der Waals surface area contributed by atoms with Crippen LogP contribution in [-0.4, -0.2) is 75.6 Å². The fourth-order valence-corrected chi connectivity index (χ4v) is 4.78. The highest BCUT2D eigenvalue weighted by Gasteiger charge is 2.52. The van der Waals surface area contributed by atoms with Gasteiger partial charge in [0.25, 0.3) is 10.0 Å². The summed E-state index contributed by atoms with van der Waals surface area (Å²) in [6, 6.07) is 2.38. The number of amides is 2. The molecule has 1 fully saturated rings. The van der Waals surface area contributed by atoms with Gasteiger partial charge in [-0.2, -0.15) is 0 Å². The van der Waals surface area contributed by atoms with Gasteiger partial charge in [-0.25, -0.2) is 17.9 Å². The fraction of sp³-hybridized carbons (Fsp3) is 0.476. The number of halogens is 1. The number of nitrogens with one attached hydrogen (secondary N) is 2. The summed E-state index contributed by atoms with van der Waals surface area (Å²) < 4.78 is 53.2. The number of sulfonamides is 1. The molecule has 0 aliphatic carbocycles. The fourth-order valence-electron chi connectivity index (χ4n) is 3.34. The molecule has 1 heterocycles. The van der Waals surface area contributed by atoms with E-state index in [9.17, 15) is 32.4 Å². The molecule has 14 nitrogen and oxygen atoms in total. The molecule has 1 aliphatic heterocycles. The number of urea groups is 1. The molecular formula is C21H25ClN2O12S. The topological polar surface area (TPSA) is 190 Å². The summed E-state index contributed by atoms with van der Waals surface area (Å²) in [6.07, 6.45) is -6.05. The lowest BCUT2D eigenvalue weighted by molar-refractivity contribution is -0.270. The van der Waals surface area contributed by atoms with Crippen molar-refractivity contribution in [2.75, 3.05) is 6.61 Å². The summed E-state index contributed by atoms with van der Waals surface area (Å²) >= 11 is 5.91. The van der Waals surface area contributed by atoms with Gasteiger partial charge in [-0.15, -0.1) is 0 Å². The van der Waals surface area contributed by atoms with Crippen LogP contribution >= 0.6 is 11.6 Å². The molecule has 1 aliphatic rings. The SMILES string of the molecule is CC(=O)OC[C@H]1O[C@@H](OC(C)=O)[C@H](NC(=O)NS(=O)(=O)c2ccccc2Cl)[C@@H](OC(C)=O)[C@@H]1OC(C)=O. The van der Waals surface area contributed by atoms with Crippen LogP contribution in [0.15, 0.2) is 29.2 Å². The highest BCUT2D eigenvalue weighted by Crippen LogP contribution is 2.28. The van der Waals surface area contributed by atoms with Gasteiger partial charge in [-0.1, -0.05) is 23.7 Å². The summed E-state index contributed by atoms with van der Waals surface area (Å²) in [6.45, 7) is 3.66. The third kappa shape index (κ3) is 8.58. The maximum Gasteiger partial charge on any atom is 0.329 e. The molecule has 2 N–H and O–H groups in total. The van der Waals surface area contributed by atoms with E-state index in [4.69, 9.17) is 35.3 Å². The first-order valence-corrected chi connectivity index (χ1v) is 12.5. The van der Waals surface area contributed by atoms with Crippen molar-refractivity contribution < 1.29 is 56.1 Å². The lowest BCUT2D eigenvalue weighted by Crippen LogP contribution is -2.67. The van der Waals surface area contributed by atoms with Gasteiger partial charge in [0.15, 0.2) is 12.2 Å². The van der Waals surface area contributed by atoms with Gasteiger partial charge < -0.3 is 29.0 Å². The van der Waals surface area contributed by atoms with Gasteiger partial charge in [0.2, 0.25) is 6.29 Å². The molecule has 1 saturated heterocycles. The minimum absolute atomic E-state index is 0.164. The Morgan fingerprint density at radius 3 is 2.00 bits per heavy atom. The monoisotopic (exact) mass is 564 g/mol. The molecule has 0 saturated carbocycles. The first kappa shape index (κ1) is 29.8. The van der Waals surface area contributed by atoms with Gasteiger partial charge in [-0.3, -0.25) is 19.2 Å². The van der Waals surface area contributed by atoms with E-state index in [1.54, 1.807) is 4.72 Å². The zero-order chi connectivity index (χ0) is 27.9. The van der Waals surface area contributed by atoms with Crippen molar-refractivity contribution in [3.63, 3.8) is 0 Å². The molecule has 5 atom stereocenters. The Morgan fingerprint density at radius 1 is 0.892 bits per heavy atom. The van der Waals surface area contributed by atoms with E-state index in [-0.39, 0.29) is 5.02 Å². The average molecular weight is 565 g/mol. The third-order valence-electron chi connectivity index (χ3n) is 4.63. The minimum atomic E-state index is -4.48. The summed E-state index contributed by atoms with van der Waals surface area (Å²) in [4.78, 5) is 59.1. The molecule has 16 heteroatoms. The highest BCUT2D eigenvalue weighted by molar-refractivity contribution is 7.90. The number of hydrogen-bond donors (Lipinski definition) is 2. The van der Waals surface area contributed by atoms with Gasteiger partial charge >= 0.3 is 29.9 Å². The number of esters is 4. The van der Waals surface area contributed by atoms with Gasteiger partial charge in [0.05, 0.1) is 5.02 Å².